The number of nitrogens with two attached hydrogens (primary N) is 1. The average Bonchev–Trinajstić information content (AvgIpc) is 2.78. The van der Waals surface area contributed by atoms with Gasteiger partial charge in [0.2, 0.25) is 10.0 Å². The third kappa shape index (κ3) is 2.78. The summed E-state index contributed by atoms with van der Waals surface area (Å²) in [5.74, 6) is 1.33. The van der Waals surface area contributed by atoms with Gasteiger partial charge in [-0.2, -0.15) is 0 Å². The summed E-state index contributed by atoms with van der Waals surface area (Å²) in [6.07, 6.45) is 3.01. The number of nitrogens with zero attached hydrogens (tertiary/aromatic N) is 3. The molecule has 0 saturated carbocycles. The maximum atomic E-state index is 11.9. The predicted octanol–water partition coefficient (Wildman–Crippen LogP) is 0.588. The molecule has 0 aliphatic carbocycles. The van der Waals surface area contributed by atoms with Crippen LogP contribution in [0.4, 0.5) is 5.82 Å². The van der Waals surface area contributed by atoms with Gasteiger partial charge in [0.15, 0.2) is 0 Å². The van der Waals surface area contributed by atoms with Crippen LogP contribution in [0.15, 0.2) is 12.3 Å². The van der Waals surface area contributed by atoms with Crippen LogP contribution in [-0.4, -0.2) is 41.5 Å². The van der Waals surface area contributed by atoms with E-state index in [-0.39, 0.29) is 11.7 Å². The summed E-state index contributed by atoms with van der Waals surface area (Å²) in [6.45, 7) is 2.88. The summed E-state index contributed by atoms with van der Waals surface area (Å²) in [7, 11) is -3.11. The fourth-order valence-electron chi connectivity index (χ4n) is 2.16. The van der Waals surface area contributed by atoms with Gasteiger partial charge >= 0.3 is 0 Å². The molecule has 0 amide bonds. The number of hydrogen-bond donors (Lipinski definition) is 1. The number of anilines is 1. The van der Waals surface area contributed by atoms with E-state index in [9.17, 15) is 8.42 Å². The summed E-state index contributed by atoms with van der Waals surface area (Å²) >= 11 is 0. The molecule has 0 bridgehead atoms. The van der Waals surface area contributed by atoms with Crippen molar-refractivity contribution in [1.82, 2.24) is 14.3 Å². The van der Waals surface area contributed by atoms with Gasteiger partial charge in [0.25, 0.3) is 0 Å². The Labute approximate surface area is 107 Å². The summed E-state index contributed by atoms with van der Waals surface area (Å²) in [5.41, 5.74) is 5.61. The molecular weight excluding hydrogens is 252 g/mol. The summed E-state index contributed by atoms with van der Waals surface area (Å²) in [4.78, 5) is 8.33. The third-order valence-electron chi connectivity index (χ3n) is 3.07. The van der Waals surface area contributed by atoms with Crippen LogP contribution in [0.25, 0.3) is 0 Å². The standard InChI is InChI=1S/C11H18N4O2S/c1-2-7-18(16,17)15-6-4-9(8-15)11-13-5-3-10(12)14-11/h3,5,9H,2,4,6-8H2,1H3,(H2,12,13,14). The molecule has 1 aliphatic heterocycles. The number of sulfonamides is 1. The molecule has 0 radical (unpaired) electrons. The maximum absolute atomic E-state index is 11.9. The fraction of sp³-hybridized carbons (Fsp3) is 0.636. The Hall–Kier alpha value is -1.21. The first-order chi connectivity index (χ1) is 8.53. The number of nitrogen functional groups attached to an aromatic ring is 1. The van der Waals surface area contributed by atoms with E-state index in [0.717, 1.165) is 6.42 Å². The van der Waals surface area contributed by atoms with Gasteiger partial charge in [-0.3, -0.25) is 0 Å². The van der Waals surface area contributed by atoms with Crippen molar-refractivity contribution in [3.63, 3.8) is 0 Å². The van der Waals surface area contributed by atoms with Crippen molar-refractivity contribution in [3.8, 4) is 0 Å². The van der Waals surface area contributed by atoms with Crippen molar-refractivity contribution in [3.05, 3.63) is 18.1 Å². The maximum Gasteiger partial charge on any atom is 0.214 e. The summed E-state index contributed by atoms with van der Waals surface area (Å²) < 4.78 is 25.4. The normalized spacial score (nSPS) is 21.3. The minimum atomic E-state index is -3.11. The number of aromatic nitrogens is 2. The first-order valence-electron chi connectivity index (χ1n) is 6.09. The molecule has 1 fully saturated rings. The van der Waals surface area contributed by atoms with Gasteiger partial charge in [-0.15, -0.1) is 0 Å². The Morgan fingerprint density at radius 2 is 2.33 bits per heavy atom. The predicted molar refractivity (Wildman–Crippen MR) is 69.5 cm³/mol. The molecule has 1 atom stereocenters. The molecule has 6 nitrogen and oxygen atoms in total. The van der Waals surface area contributed by atoms with E-state index in [1.165, 1.54) is 4.31 Å². The molecule has 100 valence electrons. The largest absolute Gasteiger partial charge is 0.384 e. The van der Waals surface area contributed by atoms with Crippen LogP contribution >= 0.6 is 0 Å². The van der Waals surface area contributed by atoms with Crippen LogP contribution in [0, 0.1) is 0 Å². The highest BCUT2D eigenvalue weighted by molar-refractivity contribution is 7.89. The van der Waals surface area contributed by atoms with Crippen LogP contribution in [0.3, 0.4) is 0 Å². The van der Waals surface area contributed by atoms with E-state index in [1.54, 1.807) is 12.3 Å². The molecule has 1 saturated heterocycles. The zero-order valence-corrected chi connectivity index (χ0v) is 11.2. The Bertz CT molecular complexity index is 518. The van der Waals surface area contributed by atoms with Crippen molar-refractivity contribution in [2.75, 3.05) is 24.6 Å². The Morgan fingerprint density at radius 3 is 3.00 bits per heavy atom. The highest BCUT2D eigenvalue weighted by atomic mass is 32.2. The third-order valence-corrected chi connectivity index (χ3v) is 5.11. The number of rotatable bonds is 4. The molecule has 1 aliphatic rings. The molecular formula is C11H18N4O2S. The van der Waals surface area contributed by atoms with E-state index < -0.39 is 10.0 Å². The number of hydrogen-bond acceptors (Lipinski definition) is 5. The summed E-state index contributed by atoms with van der Waals surface area (Å²) in [5, 5.41) is 0. The highest BCUT2D eigenvalue weighted by Gasteiger charge is 2.32. The van der Waals surface area contributed by atoms with E-state index in [1.807, 2.05) is 6.92 Å². The smallest absolute Gasteiger partial charge is 0.214 e. The lowest BCUT2D eigenvalue weighted by Gasteiger charge is -2.15. The van der Waals surface area contributed by atoms with Crippen LogP contribution in [0.1, 0.15) is 31.5 Å². The Kier molecular flexibility index (Phi) is 3.82. The van der Waals surface area contributed by atoms with Crippen LogP contribution in [0.5, 0.6) is 0 Å². The molecule has 2 N–H and O–H groups in total. The molecule has 0 aromatic carbocycles. The molecule has 1 aromatic heterocycles. The first-order valence-corrected chi connectivity index (χ1v) is 7.70. The minimum absolute atomic E-state index is 0.0557. The minimum Gasteiger partial charge on any atom is -0.384 e. The average molecular weight is 270 g/mol. The van der Waals surface area contributed by atoms with Gasteiger partial charge in [0, 0.05) is 25.2 Å². The fourth-order valence-corrected chi connectivity index (χ4v) is 3.73. The topological polar surface area (TPSA) is 89.2 Å². The molecule has 7 heteroatoms. The van der Waals surface area contributed by atoms with Crippen molar-refractivity contribution < 1.29 is 8.42 Å². The van der Waals surface area contributed by atoms with Gasteiger partial charge in [-0.25, -0.2) is 22.7 Å². The van der Waals surface area contributed by atoms with E-state index in [4.69, 9.17) is 5.73 Å². The quantitative estimate of drug-likeness (QED) is 0.864. The first kappa shape index (κ1) is 13.2. The second-order valence-electron chi connectivity index (χ2n) is 4.50. The summed E-state index contributed by atoms with van der Waals surface area (Å²) in [6, 6.07) is 1.63. The van der Waals surface area contributed by atoms with Crippen molar-refractivity contribution in [2.24, 2.45) is 0 Å². The second-order valence-corrected chi connectivity index (χ2v) is 6.59. The molecule has 2 rings (SSSR count). The van der Waals surface area contributed by atoms with Crippen molar-refractivity contribution >= 4 is 15.8 Å². The van der Waals surface area contributed by atoms with E-state index in [0.29, 0.717) is 31.2 Å². The van der Waals surface area contributed by atoms with Gasteiger partial charge < -0.3 is 5.73 Å². The van der Waals surface area contributed by atoms with Crippen LogP contribution in [0.2, 0.25) is 0 Å². The Balaban J connectivity index is 2.09. The SMILES string of the molecule is CCCS(=O)(=O)N1CCC(c2nccc(N)n2)C1. The molecule has 1 aromatic rings. The lowest BCUT2D eigenvalue weighted by Crippen LogP contribution is -2.30. The zero-order valence-electron chi connectivity index (χ0n) is 10.4. The second kappa shape index (κ2) is 5.19. The lowest BCUT2D eigenvalue weighted by molar-refractivity contribution is 0.470. The van der Waals surface area contributed by atoms with Crippen molar-refractivity contribution in [2.45, 2.75) is 25.7 Å². The molecule has 2 heterocycles. The van der Waals surface area contributed by atoms with E-state index >= 15 is 0 Å². The van der Waals surface area contributed by atoms with Crippen LogP contribution < -0.4 is 5.73 Å². The van der Waals surface area contributed by atoms with Crippen LogP contribution in [-0.2, 0) is 10.0 Å². The Morgan fingerprint density at radius 1 is 1.56 bits per heavy atom. The zero-order chi connectivity index (χ0) is 13.2. The van der Waals surface area contributed by atoms with Gasteiger partial charge in [0.1, 0.15) is 11.6 Å². The molecule has 18 heavy (non-hydrogen) atoms. The van der Waals surface area contributed by atoms with Gasteiger partial charge in [0.05, 0.1) is 5.75 Å². The highest BCUT2D eigenvalue weighted by Crippen LogP contribution is 2.27. The van der Waals surface area contributed by atoms with Gasteiger partial charge in [-0.1, -0.05) is 6.92 Å². The molecule has 0 spiro atoms. The molecule has 1 unspecified atom stereocenters. The van der Waals surface area contributed by atoms with E-state index in [2.05, 4.69) is 9.97 Å². The lowest BCUT2D eigenvalue weighted by atomic mass is 10.1. The van der Waals surface area contributed by atoms with Gasteiger partial charge in [-0.05, 0) is 18.9 Å². The monoisotopic (exact) mass is 270 g/mol. The van der Waals surface area contributed by atoms with Crippen molar-refractivity contribution in [1.29, 1.82) is 0 Å².